The second kappa shape index (κ2) is 7.33. The van der Waals surface area contributed by atoms with E-state index in [1.54, 1.807) is 31.2 Å². The van der Waals surface area contributed by atoms with Crippen LogP contribution in [0.5, 0.6) is 17.2 Å². The molecule has 0 fully saturated rings. The molecule has 0 radical (unpaired) electrons. The van der Waals surface area contributed by atoms with Gasteiger partial charge in [-0.25, -0.2) is 4.79 Å². The average molecular weight is 417 g/mol. The number of ether oxygens (including phenoxy) is 3. The summed E-state index contributed by atoms with van der Waals surface area (Å²) in [6.07, 6.45) is -0.425. The van der Waals surface area contributed by atoms with E-state index in [0.717, 1.165) is 5.56 Å². The number of aryl methyl sites for hydroxylation is 2. The Balaban J connectivity index is 1.75. The molecule has 29 heavy (non-hydrogen) atoms. The topological polar surface area (TPSA) is 95.2 Å². The molecule has 1 N–H and O–H groups in total. The van der Waals surface area contributed by atoms with Gasteiger partial charge in [0.15, 0.2) is 11.5 Å². The van der Waals surface area contributed by atoms with Crippen LogP contribution in [0.3, 0.4) is 0 Å². The smallest absolute Gasteiger partial charge is 0.340 e. The fourth-order valence-electron chi connectivity index (χ4n) is 3.33. The molecule has 0 saturated heterocycles. The fourth-order valence-corrected chi connectivity index (χ4v) is 3.54. The van der Waals surface area contributed by atoms with Crippen LogP contribution in [0.1, 0.15) is 22.3 Å². The third kappa shape index (κ3) is 3.61. The summed E-state index contributed by atoms with van der Waals surface area (Å²) in [6, 6.07) is 6.95. The molecule has 4 rings (SSSR count). The van der Waals surface area contributed by atoms with E-state index < -0.39 is 18.0 Å². The van der Waals surface area contributed by atoms with Crippen molar-refractivity contribution in [1.82, 2.24) is 0 Å². The molecular formula is C21H17ClO7. The van der Waals surface area contributed by atoms with E-state index in [2.05, 4.69) is 0 Å². The number of carboxylic acid groups (broad SMARTS) is 1. The zero-order valence-corrected chi connectivity index (χ0v) is 16.5. The molecule has 8 heteroatoms. The number of halogens is 1. The van der Waals surface area contributed by atoms with Crippen LogP contribution in [0.25, 0.3) is 11.0 Å². The minimum Gasteiger partial charge on any atom is -0.488 e. The van der Waals surface area contributed by atoms with Crippen LogP contribution >= 0.6 is 11.6 Å². The molecule has 0 aliphatic carbocycles. The lowest BCUT2D eigenvalue weighted by Crippen LogP contribution is -2.15. The first-order valence-corrected chi connectivity index (χ1v) is 9.21. The van der Waals surface area contributed by atoms with Crippen molar-refractivity contribution >= 4 is 28.5 Å². The maximum absolute atomic E-state index is 12.2. The fraction of sp³-hybridized carbons (Fsp3) is 0.238. The molecule has 3 aromatic rings. The zero-order valence-electron chi connectivity index (χ0n) is 15.7. The summed E-state index contributed by atoms with van der Waals surface area (Å²) in [6.45, 7) is 3.82. The lowest BCUT2D eigenvalue weighted by atomic mass is 10.0. The minimum atomic E-state index is -1.11. The Morgan fingerprint density at radius 1 is 1.17 bits per heavy atom. The highest BCUT2D eigenvalue weighted by Crippen LogP contribution is 2.38. The number of rotatable bonds is 5. The predicted octanol–water partition coefficient (Wildman–Crippen LogP) is 4.00. The molecule has 0 spiro atoms. The molecule has 2 heterocycles. The second-order valence-electron chi connectivity index (χ2n) is 6.79. The SMILES string of the molecule is Cc1cc(OCc2cc3c(cc2Cl)OCO3)c2c(C)c(CC(=O)O)c(=O)oc2c1. The first kappa shape index (κ1) is 19.1. The van der Waals surface area contributed by atoms with Crippen molar-refractivity contribution in [2.75, 3.05) is 6.79 Å². The predicted molar refractivity (Wildman–Crippen MR) is 105 cm³/mol. The highest BCUT2D eigenvalue weighted by atomic mass is 35.5. The van der Waals surface area contributed by atoms with E-state index in [1.165, 1.54) is 0 Å². The summed E-state index contributed by atoms with van der Waals surface area (Å²) < 4.78 is 22.1. The maximum atomic E-state index is 12.2. The van der Waals surface area contributed by atoms with Crippen LogP contribution in [-0.4, -0.2) is 17.9 Å². The summed E-state index contributed by atoms with van der Waals surface area (Å²) >= 11 is 6.32. The Labute approximate surface area is 170 Å². The van der Waals surface area contributed by atoms with Crippen LogP contribution in [0.2, 0.25) is 5.02 Å². The molecule has 150 valence electrons. The molecule has 1 aliphatic heterocycles. The lowest BCUT2D eigenvalue weighted by molar-refractivity contribution is -0.136. The van der Waals surface area contributed by atoms with Gasteiger partial charge in [-0.2, -0.15) is 0 Å². The van der Waals surface area contributed by atoms with Gasteiger partial charge < -0.3 is 23.7 Å². The molecule has 0 saturated carbocycles. The van der Waals surface area contributed by atoms with E-state index in [4.69, 9.17) is 35.3 Å². The maximum Gasteiger partial charge on any atom is 0.340 e. The standard InChI is InChI=1S/C21H17ClO7/c1-10-3-17(26-8-12-5-15-16(7-14(12)22)28-9-27-15)20-11(2)13(6-19(23)24)21(25)29-18(20)4-10/h3-5,7H,6,8-9H2,1-2H3,(H,23,24). The van der Waals surface area contributed by atoms with Gasteiger partial charge in [-0.05, 0) is 43.2 Å². The molecular weight excluding hydrogens is 400 g/mol. The zero-order chi connectivity index (χ0) is 20.7. The first-order valence-electron chi connectivity index (χ1n) is 8.83. The van der Waals surface area contributed by atoms with Gasteiger partial charge in [0.2, 0.25) is 6.79 Å². The molecule has 2 aromatic carbocycles. The van der Waals surface area contributed by atoms with Crippen LogP contribution in [0, 0.1) is 13.8 Å². The molecule has 1 aromatic heterocycles. The van der Waals surface area contributed by atoms with Gasteiger partial charge in [0.25, 0.3) is 0 Å². The van der Waals surface area contributed by atoms with Crippen molar-refractivity contribution in [1.29, 1.82) is 0 Å². The Kier molecular flexibility index (Phi) is 4.84. The quantitative estimate of drug-likeness (QED) is 0.628. The van der Waals surface area contributed by atoms with E-state index in [9.17, 15) is 9.59 Å². The third-order valence-electron chi connectivity index (χ3n) is 4.74. The molecule has 0 amide bonds. The average Bonchev–Trinajstić information content (AvgIpc) is 3.09. The minimum absolute atomic E-state index is 0.0971. The number of fused-ring (bicyclic) bond motifs is 2. The summed E-state index contributed by atoms with van der Waals surface area (Å²) in [7, 11) is 0. The van der Waals surface area contributed by atoms with Crippen molar-refractivity contribution in [2.24, 2.45) is 0 Å². The third-order valence-corrected chi connectivity index (χ3v) is 5.09. The van der Waals surface area contributed by atoms with Crippen LogP contribution in [0.4, 0.5) is 0 Å². The van der Waals surface area contributed by atoms with Gasteiger partial charge >= 0.3 is 11.6 Å². The van der Waals surface area contributed by atoms with Gasteiger partial charge in [-0.15, -0.1) is 0 Å². The summed E-state index contributed by atoms with van der Waals surface area (Å²) in [5, 5.41) is 10.1. The normalized spacial score (nSPS) is 12.4. The van der Waals surface area contributed by atoms with E-state index in [-0.39, 0.29) is 19.0 Å². The van der Waals surface area contributed by atoms with Crippen LogP contribution in [-0.2, 0) is 17.8 Å². The number of hydrogen-bond donors (Lipinski definition) is 1. The van der Waals surface area contributed by atoms with Crippen molar-refractivity contribution in [3.63, 3.8) is 0 Å². The monoisotopic (exact) mass is 416 g/mol. The van der Waals surface area contributed by atoms with E-state index in [1.807, 2.05) is 6.92 Å². The molecule has 1 aliphatic rings. The largest absolute Gasteiger partial charge is 0.488 e. The molecule has 0 unspecified atom stereocenters. The Hall–Kier alpha value is -3.19. The van der Waals surface area contributed by atoms with Crippen molar-refractivity contribution in [3.8, 4) is 17.2 Å². The second-order valence-corrected chi connectivity index (χ2v) is 7.19. The van der Waals surface area contributed by atoms with Crippen LogP contribution < -0.4 is 19.8 Å². The summed E-state index contributed by atoms with van der Waals surface area (Å²) in [5.74, 6) is 0.534. The highest BCUT2D eigenvalue weighted by molar-refractivity contribution is 6.31. The summed E-state index contributed by atoms with van der Waals surface area (Å²) in [5.41, 5.74) is 1.83. The van der Waals surface area contributed by atoms with E-state index >= 15 is 0 Å². The Bertz CT molecular complexity index is 1200. The van der Waals surface area contributed by atoms with Gasteiger partial charge in [0.05, 0.1) is 22.4 Å². The number of carboxylic acids is 1. The van der Waals surface area contributed by atoms with Gasteiger partial charge in [-0.3, -0.25) is 4.79 Å². The number of carbonyl (C=O) groups is 1. The lowest BCUT2D eigenvalue weighted by Gasteiger charge is -2.14. The number of hydrogen-bond acceptors (Lipinski definition) is 6. The summed E-state index contributed by atoms with van der Waals surface area (Å²) in [4.78, 5) is 23.4. The first-order chi connectivity index (χ1) is 13.8. The highest BCUT2D eigenvalue weighted by Gasteiger charge is 2.20. The van der Waals surface area contributed by atoms with Gasteiger partial charge in [-0.1, -0.05) is 11.6 Å². The molecule has 0 bridgehead atoms. The molecule has 7 nitrogen and oxygen atoms in total. The van der Waals surface area contributed by atoms with Crippen molar-refractivity contribution in [3.05, 3.63) is 62.0 Å². The number of aliphatic carboxylic acids is 1. The van der Waals surface area contributed by atoms with Crippen molar-refractivity contribution < 1.29 is 28.5 Å². The van der Waals surface area contributed by atoms with Crippen molar-refractivity contribution in [2.45, 2.75) is 26.9 Å². The van der Waals surface area contributed by atoms with Gasteiger partial charge in [0, 0.05) is 11.6 Å². The van der Waals surface area contributed by atoms with Gasteiger partial charge in [0.1, 0.15) is 17.9 Å². The number of benzene rings is 2. The Morgan fingerprint density at radius 2 is 1.90 bits per heavy atom. The Morgan fingerprint density at radius 3 is 2.62 bits per heavy atom. The molecule has 0 atom stereocenters. The van der Waals surface area contributed by atoms with Crippen LogP contribution in [0.15, 0.2) is 33.5 Å². The van der Waals surface area contributed by atoms with E-state index in [0.29, 0.717) is 44.4 Å².